The van der Waals surface area contributed by atoms with Gasteiger partial charge in [0.25, 0.3) is 5.91 Å². The summed E-state index contributed by atoms with van der Waals surface area (Å²) < 4.78 is 86.2. The van der Waals surface area contributed by atoms with Gasteiger partial charge in [-0.15, -0.1) is 0 Å². The number of carbonyl (C=O) groups is 1. The molecule has 4 heterocycles. The maximum Gasteiger partial charge on any atom is 0.433 e. The van der Waals surface area contributed by atoms with Crippen molar-refractivity contribution < 1.29 is 31.1 Å². The Kier molecular flexibility index (Phi) is 5.72. The van der Waals surface area contributed by atoms with Gasteiger partial charge < -0.3 is 4.90 Å². The van der Waals surface area contributed by atoms with Gasteiger partial charge in [0.1, 0.15) is 0 Å². The standard InChI is InChI=1S/C25H25F6N5O/c1-24(2,3)36-22(25(29,30)31)15(11-32-36)23(37)35-13-6-5-7-18(35)20-14(10-13)21(34(4)33-20)12-8-16(26)19(28)17(27)9-12/h8-9,11,13,18H,5-7,10H2,1-4H3/t13-,18+/m0/s1. The average Bonchev–Trinajstić information content (AvgIpc) is 3.38. The van der Waals surface area contributed by atoms with Gasteiger partial charge in [0.2, 0.25) is 0 Å². The van der Waals surface area contributed by atoms with E-state index in [0.717, 1.165) is 29.4 Å². The second kappa shape index (κ2) is 8.35. The van der Waals surface area contributed by atoms with Crippen molar-refractivity contribution in [3.05, 3.63) is 58.3 Å². The minimum absolute atomic E-state index is 0.0938. The van der Waals surface area contributed by atoms with E-state index < -0.39 is 58.4 Å². The van der Waals surface area contributed by atoms with Gasteiger partial charge in [0, 0.05) is 24.2 Å². The molecule has 3 aromatic rings. The fourth-order valence-electron chi connectivity index (χ4n) is 5.63. The Hall–Kier alpha value is -3.31. The molecule has 12 heteroatoms. The molecule has 2 bridgehead atoms. The number of nitrogens with zero attached hydrogens (tertiary/aromatic N) is 5. The van der Waals surface area contributed by atoms with Crippen molar-refractivity contribution in [1.82, 2.24) is 24.5 Å². The molecule has 0 aliphatic carbocycles. The number of hydrogen-bond donors (Lipinski definition) is 0. The number of rotatable bonds is 2. The maximum atomic E-state index is 14.1. The fraction of sp³-hybridized carbons (Fsp3) is 0.480. The zero-order valence-corrected chi connectivity index (χ0v) is 20.6. The molecule has 1 aromatic carbocycles. The Bertz CT molecular complexity index is 1380. The summed E-state index contributed by atoms with van der Waals surface area (Å²) in [4.78, 5) is 15.2. The van der Waals surface area contributed by atoms with Crippen LogP contribution in [0.15, 0.2) is 18.3 Å². The highest BCUT2D eigenvalue weighted by Crippen LogP contribution is 2.46. The lowest BCUT2D eigenvalue weighted by Crippen LogP contribution is -2.50. The summed E-state index contributed by atoms with van der Waals surface area (Å²) in [5.74, 6) is -5.04. The second-order valence-corrected chi connectivity index (χ2v) is 10.6. The number of halogens is 6. The van der Waals surface area contributed by atoms with Gasteiger partial charge in [-0.05, 0) is 58.6 Å². The monoisotopic (exact) mass is 525 g/mol. The van der Waals surface area contributed by atoms with Crippen LogP contribution in [0.3, 0.4) is 0 Å². The molecule has 198 valence electrons. The number of aromatic nitrogens is 4. The van der Waals surface area contributed by atoms with Gasteiger partial charge in [-0.2, -0.15) is 23.4 Å². The number of hydrogen-bond acceptors (Lipinski definition) is 3. The van der Waals surface area contributed by atoms with E-state index in [1.807, 2.05) is 0 Å². The van der Waals surface area contributed by atoms with E-state index >= 15 is 0 Å². The molecule has 0 spiro atoms. The van der Waals surface area contributed by atoms with Gasteiger partial charge in [-0.25, -0.2) is 13.2 Å². The average molecular weight is 525 g/mol. The predicted octanol–water partition coefficient (Wildman–Crippen LogP) is 5.77. The molecule has 6 nitrogen and oxygen atoms in total. The van der Waals surface area contributed by atoms with Crippen LogP contribution in [0, 0.1) is 17.5 Å². The van der Waals surface area contributed by atoms with E-state index in [4.69, 9.17) is 0 Å². The number of benzene rings is 1. The van der Waals surface area contributed by atoms with E-state index in [0.29, 0.717) is 29.8 Å². The van der Waals surface area contributed by atoms with Gasteiger partial charge >= 0.3 is 6.18 Å². The van der Waals surface area contributed by atoms with Crippen molar-refractivity contribution in [2.24, 2.45) is 7.05 Å². The van der Waals surface area contributed by atoms with Gasteiger partial charge in [0.05, 0.1) is 34.7 Å². The predicted molar refractivity (Wildman–Crippen MR) is 121 cm³/mol. The summed E-state index contributed by atoms with van der Waals surface area (Å²) in [6.07, 6.45) is -1.87. The van der Waals surface area contributed by atoms with E-state index in [2.05, 4.69) is 10.2 Å². The third-order valence-electron chi connectivity index (χ3n) is 7.07. The normalized spacial score (nSPS) is 19.8. The van der Waals surface area contributed by atoms with Crippen LogP contribution in [0.1, 0.15) is 73.4 Å². The van der Waals surface area contributed by atoms with Crippen molar-refractivity contribution >= 4 is 5.91 Å². The number of fused-ring (bicyclic) bond motifs is 4. The topological polar surface area (TPSA) is 56.0 Å². The first-order valence-electron chi connectivity index (χ1n) is 11.9. The van der Waals surface area contributed by atoms with Crippen LogP contribution in [-0.4, -0.2) is 36.4 Å². The number of aryl methyl sites for hydroxylation is 1. The van der Waals surface area contributed by atoms with Crippen molar-refractivity contribution in [3.8, 4) is 11.3 Å². The largest absolute Gasteiger partial charge is 0.433 e. The fourth-order valence-corrected chi connectivity index (χ4v) is 5.63. The van der Waals surface area contributed by atoms with Crippen molar-refractivity contribution in [1.29, 1.82) is 0 Å². The Morgan fingerprint density at radius 3 is 2.30 bits per heavy atom. The summed E-state index contributed by atoms with van der Waals surface area (Å²) in [6.45, 7) is 4.71. The summed E-state index contributed by atoms with van der Waals surface area (Å²) in [7, 11) is 1.57. The molecular formula is C25H25F6N5O. The highest BCUT2D eigenvalue weighted by molar-refractivity contribution is 5.96. The molecule has 37 heavy (non-hydrogen) atoms. The molecule has 2 atom stereocenters. The molecule has 2 aliphatic heterocycles. The number of amides is 1. The Balaban J connectivity index is 1.60. The van der Waals surface area contributed by atoms with Crippen LogP contribution < -0.4 is 0 Å². The second-order valence-electron chi connectivity index (χ2n) is 10.6. The van der Waals surface area contributed by atoms with Crippen LogP contribution in [0.4, 0.5) is 26.3 Å². The van der Waals surface area contributed by atoms with Crippen LogP contribution in [0.2, 0.25) is 0 Å². The van der Waals surface area contributed by atoms with Crippen molar-refractivity contribution in [3.63, 3.8) is 0 Å². The van der Waals surface area contributed by atoms with Gasteiger partial charge in [0.15, 0.2) is 23.1 Å². The van der Waals surface area contributed by atoms with Crippen LogP contribution in [0.5, 0.6) is 0 Å². The first kappa shape index (κ1) is 25.3. The van der Waals surface area contributed by atoms with E-state index in [1.165, 1.54) is 9.58 Å². The molecule has 0 unspecified atom stereocenters. The molecule has 0 saturated carbocycles. The molecule has 1 fully saturated rings. The number of carbonyl (C=O) groups excluding carboxylic acids is 1. The summed E-state index contributed by atoms with van der Waals surface area (Å²) >= 11 is 0. The highest BCUT2D eigenvalue weighted by Gasteiger charge is 2.48. The Morgan fingerprint density at radius 2 is 1.70 bits per heavy atom. The van der Waals surface area contributed by atoms with Crippen LogP contribution in [-0.2, 0) is 25.2 Å². The van der Waals surface area contributed by atoms with E-state index in [9.17, 15) is 31.1 Å². The first-order valence-corrected chi connectivity index (χ1v) is 11.9. The molecule has 2 aliphatic rings. The molecule has 5 rings (SSSR count). The third kappa shape index (κ3) is 4.00. The van der Waals surface area contributed by atoms with Gasteiger partial charge in [-0.3, -0.25) is 14.2 Å². The highest BCUT2D eigenvalue weighted by atomic mass is 19.4. The third-order valence-corrected chi connectivity index (χ3v) is 7.07. The van der Waals surface area contributed by atoms with Gasteiger partial charge in [-0.1, -0.05) is 0 Å². The maximum absolute atomic E-state index is 14.1. The summed E-state index contributed by atoms with van der Waals surface area (Å²) in [5, 5.41) is 8.43. The minimum Gasteiger partial charge on any atom is -0.327 e. The lowest BCUT2D eigenvalue weighted by molar-refractivity contribution is -0.146. The van der Waals surface area contributed by atoms with E-state index in [-0.39, 0.29) is 12.0 Å². The SMILES string of the molecule is Cn1nc2c(c1-c1cc(F)c(F)c(F)c1)C[C@@H]1CCC[C@H]2N1C(=O)c1cnn(C(C)(C)C)c1C(F)(F)F. The van der Waals surface area contributed by atoms with E-state index in [1.54, 1.807) is 27.8 Å². The quantitative estimate of drug-likeness (QED) is 0.316. The number of piperidine rings is 1. The Labute approximate surface area is 208 Å². The molecule has 0 radical (unpaired) electrons. The number of alkyl halides is 3. The zero-order valence-electron chi connectivity index (χ0n) is 20.6. The lowest BCUT2D eigenvalue weighted by atomic mass is 9.81. The van der Waals surface area contributed by atoms with Crippen LogP contribution in [0.25, 0.3) is 11.3 Å². The summed E-state index contributed by atoms with van der Waals surface area (Å²) in [6, 6.07) is 0.707. The van der Waals surface area contributed by atoms with Crippen molar-refractivity contribution in [2.45, 2.75) is 70.3 Å². The summed E-state index contributed by atoms with van der Waals surface area (Å²) in [5.41, 5.74) is -1.06. The lowest BCUT2D eigenvalue weighted by Gasteiger charge is -2.45. The van der Waals surface area contributed by atoms with Crippen molar-refractivity contribution in [2.75, 3.05) is 0 Å². The molecule has 0 N–H and O–H groups in total. The Morgan fingerprint density at radius 1 is 1.05 bits per heavy atom. The molecule has 1 saturated heterocycles. The minimum atomic E-state index is -4.81. The zero-order chi connectivity index (χ0) is 27.0. The molecule has 2 aromatic heterocycles. The molecular weight excluding hydrogens is 500 g/mol. The first-order chi connectivity index (χ1) is 17.2. The molecule has 1 amide bonds. The smallest absolute Gasteiger partial charge is 0.327 e. The van der Waals surface area contributed by atoms with Crippen LogP contribution >= 0.6 is 0 Å².